The summed E-state index contributed by atoms with van der Waals surface area (Å²) in [5, 5.41) is 20.0. The van der Waals surface area contributed by atoms with Crippen molar-refractivity contribution in [3.8, 4) is 5.75 Å². The van der Waals surface area contributed by atoms with Crippen LogP contribution in [0.25, 0.3) is 0 Å². The minimum Gasteiger partial charge on any atom is -0.508 e. The molecular formula is C19H26O3. The van der Waals surface area contributed by atoms with Crippen molar-refractivity contribution in [2.24, 2.45) is 17.3 Å². The zero-order chi connectivity index (χ0) is 15.5. The fourth-order valence-electron chi connectivity index (χ4n) is 5.89. The first-order valence-corrected chi connectivity index (χ1v) is 8.54. The molecule has 2 N–H and O–H groups in total. The van der Waals surface area contributed by atoms with Gasteiger partial charge in [0.1, 0.15) is 5.75 Å². The molecule has 0 radical (unpaired) electrons. The fraction of sp³-hybridized carbons (Fsp3) is 0.684. The van der Waals surface area contributed by atoms with Gasteiger partial charge in [0.05, 0.1) is 12.2 Å². The number of methoxy groups -OCH3 is 1. The highest BCUT2D eigenvalue weighted by atomic mass is 16.5. The Morgan fingerprint density at radius 2 is 2.09 bits per heavy atom. The molecule has 0 amide bonds. The lowest BCUT2D eigenvalue weighted by atomic mass is 9.54. The molecule has 22 heavy (non-hydrogen) atoms. The Hall–Kier alpha value is -1.06. The van der Waals surface area contributed by atoms with Crippen LogP contribution in [0.2, 0.25) is 0 Å². The second-order valence-electron chi connectivity index (χ2n) is 7.94. The zero-order valence-corrected chi connectivity index (χ0v) is 13.5. The van der Waals surface area contributed by atoms with E-state index >= 15 is 0 Å². The Kier molecular flexibility index (Phi) is 3.28. The minimum absolute atomic E-state index is 0.146. The Morgan fingerprint density at radius 1 is 1.27 bits per heavy atom. The summed E-state index contributed by atoms with van der Waals surface area (Å²) in [6, 6.07) is 5.84. The number of phenolic OH excluding ortho intramolecular Hbond substituents is 1. The van der Waals surface area contributed by atoms with Gasteiger partial charge in [0.15, 0.2) is 0 Å². The summed E-state index contributed by atoms with van der Waals surface area (Å²) in [5.41, 5.74) is 2.87. The highest BCUT2D eigenvalue weighted by molar-refractivity contribution is 5.41. The number of hydrogen-bond donors (Lipinski definition) is 2. The van der Waals surface area contributed by atoms with Crippen LogP contribution in [0.5, 0.6) is 5.75 Å². The molecule has 2 fully saturated rings. The van der Waals surface area contributed by atoms with Gasteiger partial charge in [0, 0.05) is 13.0 Å². The van der Waals surface area contributed by atoms with Gasteiger partial charge < -0.3 is 14.9 Å². The molecule has 1 aromatic rings. The number of aliphatic hydroxyl groups excluding tert-OH is 1. The van der Waals surface area contributed by atoms with Gasteiger partial charge in [0.25, 0.3) is 0 Å². The molecule has 3 heteroatoms. The number of benzene rings is 1. The van der Waals surface area contributed by atoms with E-state index in [-0.39, 0.29) is 17.6 Å². The molecule has 0 saturated heterocycles. The topological polar surface area (TPSA) is 49.7 Å². The highest BCUT2D eigenvalue weighted by Gasteiger charge is 2.56. The molecule has 1 aromatic carbocycles. The van der Waals surface area contributed by atoms with E-state index in [0.29, 0.717) is 23.5 Å². The summed E-state index contributed by atoms with van der Waals surface area (Å²) in [6.07, 6.45) is 5.16. The molecule has 0 heterocycles. The standard InChI is InChI=1S/C19H26O3/c1-19-9-13(21)8-16(19)15-5-3-11-7-12(20)4-6-14(11)18(15)17(10-19)22-2/h4,6-7,13,15-18,20-21H,3,5,8-10H2,1-2H3/t13-,15-,16-,17-,18+,19-/m0/s1. The Labute approximate surface area is 132 Å². The molecule has 3 aliphatic carbocycles. The van der Waals surface area contributed by atoms with Crippen LogP contribution in [0.15, 0.2) is 18.2 Å². The maximum Gasteiger partial charge on any atom is 0.115 e. The van der Waals surface area contributed by atoms with Crippen LogP contribution in [0.3, 0.4) is 0 Å². The van der Waals surface area contributed by atoms with E-state index in [2.05, 4.69) is 13.0 Å². The second kappa shape index (κ2) is 4.97. The summed E-state index contributed by atoms with van der Waals surface area (Å²) >= 11 is 0. The third kappa shape index (κ3) is 2.02. The van der Waals surface area contributed by atoms with Gasteiger partial charge in [-0.25, -0.2) is 0 Å². The predicted molar refractivity (Wildman–Crippen MR) is 84.9 cm³/mol. The van der Waals surface area contributed by atoms with Gasteiger partial charge in [-0.3, -0.25) is 0 Å². The van der Waals surface area contributed by atoms with Crippen molar-refractivity contribution in [3.05, 3.63) is 29.3 Å². The first-order valence-electron chi connectivity index (χ1n) is 8.54. The summed E-state index contributed by atoms with van der Waals surface area (Å²) < 4.78 is 5.91. The van der Waals surface area contributed by atoms with Crippen LogP contribution in [-0.2, 0) is 11.2 Å². The zero-order valence-electron chi connectivity index (χ0n) is 13.5. The van der Waals surface area contributed by atoms with E-state index in [9.17, 15) is 10.2 Å². The number of fused-ring (bicyclic) bond motifs is 5. The van der Waals surface area contributed by atoms with Crippen LogP contribution >= 0.6 is 0 Å². The van der Waals surface area contributed by atoms with E-state index < -0.39 is 0 Å². The van der Waals surface area contributed by atoms with Crippen molar-refractivity contribution < 1.29 is 14.9 Å². The van der Waals surface area contributed by atoms with Crippen LogP contribution in [0.4, 0.5) is 0 Å². The number of aryl methyl sites for hydroxylation is 1. The molecule has 0 unspecified atom stereocenters. The second-order valence-corrected chi connectivity index (χ2v) is 7.94. The smallest absolute Gasteiger partial charge is 0.115 e. The van der Waals surface area contributed by atoms with E-state index in [1.54, 1.807) is 0 Å². The minimum atomic E-state index is -0.146. The number of aromatic hydroxyl groups is 1. The summed E-state index contributed by atoms with van der Waals surface area (Å²) in [4.78, 5) is 0. The lowest BCUT2D eigenvalue weighted by molar-refractivity contribution is -0.0580. The SMILES string of the molecule is CO[C@H]1C[C@]2(C)C[C@@H](O)C[C@H]2[C@@H]2CCc3cc(O)ccc3[C@H]21. The van der Waals surface area contributed by atoms with E-state index in [0.717, 1.165) is 32.1 Å². The van der Waals surface area contributed by atoms with E-state index in [1.807, 2.05) is 19.2 Å². The van der Waals surface area contributed by atoms with Gasteiger partial charge in [0.2, 0.25) is 0 Å². The number of rotatable bonds is 1. The molecule has 120 valence electrons. The molecule has 6 atom stereocenters. The number of phenols is 1. The molecule has 2 saturated carbocycles. The Balaban J connectivity index is 1.77. The molecule has 3 nitrogen and oxygen atoms in total. The molecule has 0 aliphatic heterocycles. The average Bonchev–Trinajstić information content (AvgIpc) is 2.79. The number of hydrogen-bond acceptors (Lipinski definition) is 3. The summed E-state index contributed by atoms with van der Waals surface area (Å²) in [6.45, 7) is 2.35. The molecule has 4 rings (SSSR count). The third-order valence-electron chi connectivity index (χ3n) is 6.70. The molecule has 0 bridgehead atoms. The maximum atomic E-state index is 10.2. The predicted octanol–water partition coefficient (Wildman–Crippen LogP) is 3.23. The van der Waals surface area contributed by atoms with Crippen LogP contribution < -0.4 is 0 Å². The monoisotopic (exact) mass is 302 g/mol. The Bertz CT molecular complexity index is 584. The van der Waals surface area contributed by atoms with Gasteiger partial charge in [-0.1, -0.05) is 13.0 Å². The van der Waals surface area contributed by atoms with Crippen LogP contribution in [0, 0.1) is 17.3 Å². The lowest BCUT2D eigenvalue weighted by Crippen LogP contribution is -2.47. The lowest BCUT2D eigenvalue weighted by Gasteiger charge is -2.52. The molecule has 0 spiro atoms. The van der Waals surface area contributed by atoms with Gasteiger partial charge in [-0.05, 0) is 72.6 Å². The van der Waals surface area contributed by atoms with Gasteiger partial charge in [-0.2, -0.15) is 0 Å². The maximum absolute atomic E-state index is 10.2. The first-order chi connectivity index (χ1) is 10.5. The molecular weight excluding hydrogens is 276 g/mol. The van der Waals surface area contributed by atoms with Crippen LogP contribution in [-0.4, -0.2) is 29.5 Å². The fourth-order valence-corrected chi connectivity index (χ4v) is 5.89. The van der Waals surface area contributed by atoms with Gasteiger partial charge in [-0.15, -0.1) is 0 Å². The summed E-state index contributed by atoms with van der Waals surface area (Å²) in [7, 11) is 1.82. The van der Waals surface area contributed by atoms with Crippen molar-refractivity contribution in [3.63, 3.8) is 0 Å². The van der Waals surface area contributed by atoms with Crippen LogP contribution in [0.1, 0.15) is 49.7 Å². The first kappa shape index (κ1) is 14.5. The highest BCUT2D eigenvalue weighted by Crippen LogP contribution is 2.61. The van der Waals surface area contributed by atoms with Crippen molar-refractivity contribution in [1.29, 1.82) is 0 Å². The quantitative estimate of drug-likeness (QED) is 0.837. The van der Waals surface area contributed by atoms with E-state index in [4.69, 9.17) is 4.74 Å². The summed E-state index contributed by atoms with van der Waals surface area (Å²) in [5.74, 6) is 1.97. The number of aliphatic hydroxyl groups is 1. The van der Waals surface area contributed by atoms with Crippen molar-refractivity contribution in [2.45, 2.75) is 57.2 Å². The van der Waals surface area contributed by atoms with Crippen molar-refractivity contribution in [2.75, 3.05) is 7.11 Å². The van der Waals surface area contributed by atoms with Gasteiger partial charge >= 0.3 is 0 Å². The largest absolute Gasteiger partial charge is 0.508 e. The van der Waals surface area contributed by atoms with E-state index in [1.165, 1.54) is 11.1 Å². The average molecular weight is 302 g/mol. The number of ether oxygens (including phenoxy) is 1. The van der Waals surface area contributed by atoms with Crippen molar-refractivity contribution >= 4 is 0 Å². The normalized spacial score (nSPS) is 43.3. The third-order valence-corrected chi connectivity index (χ3v) is 6.70. The molecule has 3 aliphatic rings. The Morgan fingerprint density at radius 3 is 2.86 bits per heavy atom. The van der Waals surface area contributed by atoms with Crippen molar-refractivity contribution in [1.82, 2.24) is 0 Å². The molecule has 0 aromatic heterocycles.